The van der Waals surface area contributed by atoms with Crippen LogP contribution in [0.25, 0.3) is 0 Å². The maximum atomic E-state index is 12.7. The maximum absolute atomic E-state index is 12.7. The van der Waals surface area contributed by atoms with Gasteiger partial charge >= 0.3 is 6.09 Å². The molecule has 1 aromatic carbocycles. The zero-order valence-corrected chi connectivity index (χ0v) is 17.1. The van der Waals surface area contributed by atoms with Crippen LogP contribution in [0.1, 0.15) is 39.2 Å². The second kappa shape index (κ2) is 8.27. The molecule has 1 aromatic rings. The number of nitrogens with zero attached hydrogens (tertiary/aromatic N) is 1. The normalized spacial score (nSPS) is 27.4. The molecule has 2 fully saturated rings. The van der Waals surface area contributed by atoms with Gasteiger partial charge in [0.15, 0.2) is 0 Å². The second-order valence-electron chi connectivity index (χ2n) is 8.54. The SMILES string of the molecule is COCCOc1ccc(C2(O)CC3COCC(C2)N3C(=O)OC(C)(C)C)cc1. The molecule has 0 radical (unpaired) electrons. The van der Waals surface area contributed by atoms with Gasteiger partial charge in [0.05, 0.1) is 37.5 Å². The smallest absolute Gasteiger partial charge is 0.410 e. The van der Waals surface area contributed by atoms with Crippen molar-refractivity contribution in [1.29, 1.82) is 0 Å². The first kappa shape index (κ1) is 20.9. The molecule has 156 valence electrons. The third-order valence-corrected chi connectivity index (χ3v) is 5.11. The lowest BCUT2D eigenvalue weighted by Crippen LogP contribution is -2.63. The van der Waals surface area contributed by atoms with Gasteiger partial charge in [0.2, 0.25) is 0 Å². The zero-order chi connectivity index (χ0) is 20.4. The Labute approximate surface area is 166 Å². The maximum Gasteiger partial charge on any atom is 0.410 e. The van der Waals surface area contributed by atoms with Crippen molar-refractivity contribution in [2.24, 2.45) is 0 Å². The van der Waals surface area contributed by atoms with E-state index in [2.05, 4.69) is 0 Å². The zero-order valence-electron chi connectivity index (χ0n) is 17.1. The highest BCUT2D eigenvalue weighted by atomic mass is 16.6. The summed E-state index contributed by atoms with van der Waals surface area (Å²) in [5, 5.41) is 11.4. The molecule has 0 aromatic heterocycles. The average Bonchev–Trinajstić information content (AvgIpc) is 2.60. The molecule has 1 amide bonds. The summed E-state index contributed by atoms with van der Waals surface area (Å²) in [6.45, 7) is 7.36. The summed E-state index contributed by atoms with van der Waals surface area (Å²) >= 11 is 0. The van der Waals surface area contributed by atoms with Crippen molar-refractivity contribution in [2.75, 3.05) is 33.5 Å². The fraction of sp³-hybridized carbons (Fsp3) is 0.667. The lowest BCUT2D eigenvalue weighted by atomic mass is 9.77. The highest BCUT2D eigenvalue weighted by Crippen LogP contribution is 2.41. The molecule has 2 bridgehead atoms. The lowest BCUT2D eigenvalue weighted by molar-refractivity contribution is -0.141. The third-order valence-electron chi connectivity index (χ3n) is 5.11. The number of amides is 1. The van der Waals surface area contributed by atoms with Gasteiger partial charge < -0.3 is 24.1 Å². The first-order chi connectivity index (χ1) is 13.2. The number of carbonyl (C=O) groups is 1. The summed E-state index contributed by atoms with van der Waals surface area (Å²) in [5.41, 5.74) is -0.742. The quantitative estimate of drug-likeness (QED) is 0.775. The molecule has 2 atom stereocenters. The van der Waals surface area contributed by atoms with Gasteiger partial charge in [-0.05, 0) is 38.5 Å². The summed E-state index contributed by atoms with van der Waals surface area (Å²) in [6, 6.07) is 7.06. The minimum atomic E-state index is -1.01. The Morgan fingerprint density at radius 3 is 2.32 bits per heavy atom. The van der Waals surface area contributed by atoms with Crippen molar-refractivity contribution in [3.8, 4) is 5.75 Å². The topological polar surface area (TPSA) is 77.5 Å². The van der Waals surface area contributed by atoms with Crippen LogP contribution in [0.5, 0.6) is 5.75 Å². The van der Waals surface area contributed by atoms with Crippen LogP contribution in [0.15, 0.2) is 24.3 Å². The predicted molar refractivity (Wildman–Crippen MR) is 103 cm³/mol. The van der Waals surface area contributed by atoms with Crippen LogP contribution in [0.3, 0.4) is 0 Å². The van der Waals surface area contributed by atoms with Gasteiger partial charge in [-0.1, -0.05) is 12.1 Å². The van der Waals surface area contributed by atoms with E-state index in [1.807, 2.05) is 45.0 Å². The highest BCUT2D eigenvalue weighted by Gasteiger charge is 2.49. The van der Waals surface area contributed by atoms with Crippen molar-refractivity contribution in [3.63, 3.8) is 0 Å². The van der Waals surface area contributed by atoms with E-state index in [4.69, 9.17) is 18.9 Å². The molecule has 2 unspecified atom stereocenters. The molecular formula is C21H31NO6. The number of ether oxygens (including phenoxy) is 4. The Hall–Kier alpha value is -1.83. The van der Waals surface area contributed by atoms with Crippen molar-refractivity contribution >= 4 is 6.09 Å². The summed E-state index contributed by atoms with van der Waals surface area (Å²) < 4.78 is 21.8. The molecule has 0 spiro atoms. The number of methoxy groups -OCH3 is 1. The fourth-order valence-corrected chi connectivity index (χ4v) is 3.93. The molecule has 2 saturated heterocycles. The second-order valence-corrected chi connectivity index (χ2v) is 8.54. The number of carbonyl (C=O) groups excluding carboxylic acids is 1. The minimum absolute atomic E-state index is 0.218. The molecule has 7 heteroatoms. The van der Waals surface area contributed by atoms with Gasteiger partial charge in [-0.15, -0.1) is 0 Å². The Balaban J connectivity index is 1.72. The number of rotatable bonds is 5. The van der Waals surface area contributed by atoms with E-state index in [1.54, 1.807) is 12.0 Å². The third kappa shape index (κ3) is 4.77. The fourth-order valence-electron chi connectivity index (χ4n) is 3.93. The van der Waals surface area contributed by atoms with Gasteiger partial charge in [0.1, 0.15) is 18.0 Å². The number of fused-ring (bicyclic) bond motifs is 2. The van der Waals surface area contributed by atoms with Crippen LogP contribution >= 0.6 is 0 Å². The lowest BCUT2D eigenvalue weighted by Gasteiger charge is -2.51. The van der Waals surface area contributed by atoms with Gasteiger partial charge in [-0.3, -0.25) is 4.90 Å². The molecule has 1 N–H and O–H groups in total. The standard InChI is InChI=1S/C21H31NO6/c1-20(2,3)28-19(23)22-16-11-21(24,12-17(22)14-26-13-16)15-5-7-18(8-6-15)27-10-9-25-4/h5-8,16-17,24H,9-14H2,1-4H3. The first-order valence-electron chi connectivity index (χ1n) is 9.75. The molecule has 0 saturated carbocycles. The van der Waals surface area contributed by atoms with Gasteiger partial charge in [0, 0.05) is 20.0 Å². The monoisotopic (exact) mass is 393 g/mol. The number of morpholine rings is 1. The summed E-state index contributed by atoms with van der Waals surface area (Å²) in [4.78, 5) is 14.4. The molecule has 7 nitrogen and oxygen atoms in total. The Bertz CT molecular complexity index is 654. The van der Waals surface area contributed by atoms with Crippen molar-refractivity contribution in [1.82, 2.24) is 4.90 Å². The van der Waals surface area contributed by atoms with E-state index < -0.39 is 11.2 Å². The Morgan fingerprint density at radius 1 is 1.18 bits per heavy atom. The molecule has 2 heterocycles. The van der Waals surface area contributed by atoms with E-state index in [-0.39, 0.29) is 18.2 Å². The van der Waals surface area contributed by atoms with E-state index in [1.165, 1.54) is 0 Å². The van der Waals surface area contributed by atoms with Crippen LogP contribution in [0.4, 0.5) is 4.79 Å². The highest BCUT2D eigenvalue weighted by molar-refractivity contribution is 5.69. The van der Waals surface area contributed by atoms with Crippen molar-refractivity contribution in [3.05, 3.63) is 29.8 Å². The number of benzene rings is 1. The van der Waals surface area contributed by atoms with E-state index >= 15 is 0 Å². The molecule has 28 heavy (non-hydrogen) atoms. The van der Waals surface area contributed by atoms with Crippen molar-refractivity contribution in [2.45, 2.75) is 56.9 Å². The molecule has 0 aliphatic carbocycles. The Morgan fingerprint density at radius 2 is 1.79 bits per heavy atom. The van der Waals surface area contributed by atoms with Gasteiger partial charge in [-0.2, -0.15) is 0 Å². The molecule has 3 rings (SSSR count). The first-order valence-corrected chi connectivity index (χ1v) is 9.75. The van der Waals surface area contributed by atoms with E-state index in [9.17, 15) is 9.90 Å². The molecular weight excluding hydrogens is 362 g/mol. The van der Waals surface area contributed by atoms with Crippen LogP contribution in [0, 0.1) is 0 Å². The summed E-state index contributed by atoms with van der Waals surface area (Å²) in [5.74, 6) is 0.735. The number of hydrogen-bond acceptors (Lipinski definition) is 6. The Kier molecular flexibility index (Phi) is 6.17. The molecule has 2 aliphatic heterocycles. The average molecular weight is 393 g/mol. The van der Waals surface area contributed by atoms with E-state index in [0.29, 0.717) is 39.3 Å². The van der Waals surface area contributed by atoms with E-state index in [0.717, 1.165) is 11.3 Å². The minimum Gasteiger partial charge on any atom is -0.491 e. The predicted octanol–water partition coefficient (Wildman–Crippen LogP) is 2.70. The molecule has 2 aliphatic rings. The number of hydrogen-bond donors (Lipinski definition) is 1. The largest absolute Gasteiger partial charge is 0.491 e. The van der Waals surface area contributed by atoms with Crippen molar-refractivity contribution < 1.29 is 28.8 Å². The number of piperidine rings is 1. The van der Waals surface area contributed by atoms with Crippen LogP contribution in [-0.2, 0) is 19.8 Å². The summed E-state index contributed by atoms with van der Waals surface area (Å²) in [7, 11) is 1.63. The van der Waals surface area contributed by atoms with Gasteiger partial charge in [0.25, 0.3) is 0 Å². The number of aliphatic hydroxyl groups is 1. The van der Waals surface area contributed by atoms with Crippen LogP contribution < -0.4 is 4.74 Å². The summed E-state index contributed by atoms with van der Waals surface area (Å²) in [6.07, 6.45) is 0.480. The van der Waals surface area contributed by atoms with Crippen LogP contribution in [0.2, 0.25) is 0 Å². The van der Waals surface area contributed by atoms with Gasteiger partial charge in [-0.25, -0.2) is 4.79 Å². The van der Waals surface area contributed by atoms with Crippen LogP contribution in [-0.4, -0.2) is 67.3 Å².